The second-order valence-electron chi connectivity index (χ2n) is 5.78. The van der Waals surface area contributed by atoms with Crippen LogP contribution < -0.4 is 0 Å². The number of hydrogen-bond acceptors (Lipinski definition) is 5. The molecule has 0 aromatic carbocycles. The number of urea groups is 1. The zero-order valence-corrected chi connectivity index (χ0v) is 12.5. The molecule has 7 nitrogen and oxygen atoms in total. The molecule has 2 aliphatic heterocycles. The van der Waals surface area contributed by atoms with Gasteiger partial charge in [0.15, 0.2) is 0 Å². The van der Waals surface area contributed by atoms with Crippen LogP contribution in [-0.4, -0.2) is 65.7 Å². The van der Waals surface area contributed by atoms with Crippen molar-refractivity contribution in [2.75, 3.05) is 26.3 Å². The van der Waals surface area contributed by atoms with E-state index < -0.39 is 11.5 Å². The van der Waals surface area contributed by atoms with Crippen molar-refractivity contribution in [1.82, 2.24) is 9.80 Å². The van der Waals surface area contributed by atoms with Crippen molar-refractivity contribution in [2.24, 2.45) is 0 Å². The first kappa shape index (κ1) is 15.5. The summed E-state index contributed by atoms with van der Waals surface area (Å²) in [6.07, 6.45) is 0.0159. The van der Waals surface area contributed by atoms with Gasteiger partial charge >= 0.3 is 12.0 Å². The summed E-state index contributed by atoms with van der Waals surface area (Å²) in [7, 11) is 0. The van der Waals surface area contributed by atoms with Gasteiger partial charge in [-0.1, -0.05) is 6.58 Å². The number of carbonyl (C=O) groups excluding carboxylic acids is 3. The normalized spacial score (nSPS) is 23.5. The number of imide groups is 1. The van der Waals surface area contributed by atoms with Crippen LogP contribution in [0.3, 0.4) is 0 Å². The SMILES string of the molecule is C=C(C)C(=O)OCCN1C(=O)N(CC2CO2)C(C)(C)C1=O. The average Bonchev–Trinajstić information content (AvgIpc) is 3.20. The Balaban J connectivity index is 1.96. The Morgan fingerprint density at radius 1 is 1.48 bits per heavy atom. The van der Waals surface area contributed by atoms with Crippen molar-refractivity contribution in [2.45, 2.75) is 32.4 Å². The Bertz CT molecular complexity index is 496. The van der Waals surface area contributed by atoms with Crippen molar-refractivity contribution in [3.05, 3.63) is 12.2 Å². The highest BCUT2D eigenvalue weighted by Gasteiger charge is 2.52. The van der Waals surface area contributed by atoms with Crippen molar-refractivity contribution in [3.63, 3.8) is 0 Å². The lowest BCUT2D eigenvalue weighted by atomic mass is 10.0. The van der Waals surface area contributed by atoms with Gasteiger partial charge in [0.1, 0.15) is 12.1 Å². The molecule has 2 fully saturated rings. The van der Waals surface area contributed by atoms with Crippen LogP contribution >= 0.6 is 0 Å². The summed E-state index contributed by atoms with van der Waals surface area (Å²) in [6, 6.07) is -0.369. The van der Waals surface area contributed by atoms with Gasteiger partial charge in [-0.15, -0.1) is 0 Å². The molecule has 2 heterocycles. The third-order valence-electron chi connectivity index (χ3n) is 3.59. The summed E-state index contributed by atoms with van der Waals surface area (Å²) in [4.78, 5) is 38.6. The van der Waals surface area contributed by atoms with E-state index in [1.54, 1.807) is 13.8 Å². The molecule has 2 saturated heterocycles. The number of hydrogen-bond donors (Lipinski definition) is 0. The molecule has 7 heteroatoms. The van der Waals surface area contributed by atoms with E-state index in [0.29, 0.717) is 13.2 Å². The highest BCUT2D eigenvalue weighted by molar-refractivity contribution is 6.06. The number of carbonyl (C=O) groups is 3. The molecule has 0 aliphatic carbocycles. The van der Waals surface area contributed by atoms with Crippen LogP contribution in [0.1, 0.15) is 20.8 Å². The predicted octanol–water partition coefficient (Wildman–Crippen LogP) is 0.547. The molecule has 2 aliphatic rings. The van der Waals surface area contributed by atoms with E-state index in [-0.39, 0.29) is 36.8 Å². The summed E-state index contributed by atoms with van der Waals surface area (Å²) in [5.41, 5.74) is -0.622. The van der Waals surface area contributed by atoms with Crippen LogP contribution in [0.15, 0.2) is 12.2 Å². The van der Waals surface area contributed by atoms with E-state index >= 15 is 0 Å². The van der Waals surface area contributed by atoms with Gasteiger partial charge in [-0.05, 0) is 20.8 Å². The summed E-state index contributed by atoms with van der Waals surface area (Å²) >= 11 is 0. The number of nitrogens with zero attached hydrogens (tertiary/aromatic N) is 2. The quantitative estimate of drug-likeness (QED) is 0.309. The van der Waals surface area contributed by atoms with Gasteiger partial charge in [-0.3, -0.25) is 9.69 Å². The van der Waals surface area contributed by atoms with E-state index in [9.17, 15) is 14.4 Å². The minimum atomic E-state index is -0.901. The molecule has 1 unspecified atom stereocenters. The first-order valence-corrected chi connectivity index (χ1v) is 6.83. The molecular weight excluding hydrogens is 276 g/mol. The van der Waals surface area contributed by atoms with Gasteiger partial charge in [0.2, 0.25) is 0 Å². The van der Waals surface area contributed by atoms with E-state index in [0.717, 1.165) is 4.90 Å². The van der Waals surface area contributed by atoms with Gasteiger partial charge in [0, 0.05) is 5.57 Å². The fraction of sp³-hybridized carbons (Fsp3) is 0.643. The molecule has 21 heavy (non-hydrogen) atoms. The van der Waals surface area contributed by atoms with E-state index in [4.69, 9.17) is 9.47 Å². The number of amides is 3. The van der Waals surface area contributed by atoms with Gasteiger partial charge in [0.05, 0.1) is 25.8 Å². The zero-order valence-electron chi connectivity index (χ0n) is 12.5. The number of epoxide rings is 1. The third kappa shape index (κ3) is 3.07. The molecular formula is C14H20N2O5. The van der Waals surface area contributed by atoms with Crippen LogP contribution in [-0.2, 0) is 19.1 Å². The standard InChI is InChI=1S/C14H20N2O5/c1-9(2)11(17)20-6-5-15-12(18)14(3,4)16(13(15)19)7-10-8-21-10/h10H,1,5-8H2,2-4H3. The maximum atomic E-state index is 12.3. The molecule has 0 spiro atoms. The zero-order chi connectivity index (χ0) is 15.8. The van der Waals surface area contributed by atoms with Crippen LogP contribution in [0.4, 0.5) is 4.79 Å². The van der Waals surface area contributed by atoms with Crippen molar-refractivity contribution in [3.8, 4) is 0 Å². The van der Waals surface area contributed by atoms with Crippen LogP contribution in [0, 0.1) is 0 Å². The first-order chi connectivity index (χ1) is 9.75. The predicted molar refractivity (Wildman–Crippen MR) is 73.4 cm³/mol. The molecule has 116 valence electrons. The monoisotopic (exact) mass is 296 g/mol. The Labute approximate surface area is 123 Å². The molecule has 0 aromatic rings. The Hall–Kier alpha value is -1.89. The molecule has 0 bridgehead atoms. The highest BCUT2D eigenvalue weighted by Crippen LogP contribution is 2.29. The summed E-state index contributed by atoms with van der Waals surface area (Å²) in [5, 5.41) is 0. The lowest BCUT2D eigenvalue weighted by molar-refractivity contribution is -0.141. The lowest BCUT2D eigenvalue weighted by Gasteiger charge is -2.26. The fourth-order valence-corrected chi connectivity index (χ4v) is 2.15. The molecule has 0 saturated carbocycles. The van der Waals surface area contributed by atoms with Crippen molar-refractivity contribution < 1.29 is 23.9 Å². The van der Waals surface area contributed by atoms with Crippen LogP contribution in [0.2, 0.25) is 0 Å². The van der Waals surface area contributed by atoms with E-state index in [2.05, 4.69) is 6.58 Å². The Morgan fingerprint density at radius 2 is 2.10 bits per heavy atom. The summed E-state index contributed by atoms with van der Waals surface area (Å²) < 4.78 is 10.0. The third-order valence-corrected chi connectivity index (χ3v) is 3.59. The second-order valence-corrected chi connectivity index (χ2v) is 5.78. The van der Waals surface area contributed by atoms with E-state index in [1.165, 1.54) is 11.8 Å². The molecule has 3 amide bonds. The van der Waals surface area contributed by atoms with Crippen molar-refractivity contribution >= 4 is 17.9 Å². The van der Waals surface area contributed by atoms with E-state index in [1.807, 2.05) is 0 Å². The fourth-order valence-electron chi connectivity index (χ4n) is 2.15. The minimum absolute atomic E-state index is 0.0159. The molecule has 0 aromatic heterocycles. The molecule has 2 rings (SSSR count). The minimum Gasteiger partial charge on any atom is -0.460 e. The van der Waals surface area contributed by atoms with Gasteiger partial charge in [0.25, 0.3) is 5.91 Å². The maximum absolute atomic E-state index is 12.3. The average molecular weight is 296 g/mol. The number of rotatable bonds is 6. The highest BCUT2D eigenvalue weighted by atomic mass is 16.6. The van der Waals surface area contributed by atoms with Crippen LogP contribution in [0.25, 0.3) is 0 Å². The number of esters is 1. The van der Waals surface area contributed by atoms with Crippen LogP contribution in [0.5, 0.6) is 0 Å². The molecule has 0 radical (unpaired) electrons. The second kappa shape index (κ2) is 5.48. The Morgan fingerprint density at radius 3 is 2.62 bits per heavy atom. The summed E-state index contributed by atoms with van der Waals surface area (Å²) in [6.45, 7) is 9.44. The lowest BCUT2D eigenvalue weighted by Crippen LogP contribution is -2.45. The topological polar surface area (TPSA) is 79.5 Å². The van der Waals surface area contributed by atoms with Gasteiger partial charge in [-0.25, -0.2) is 9.59 Å². The van der Waals surface area contributed by atoms with Crippen molar-refractivity contribution in [1.29, 1.82) is 0 Å². The molecule has 1 atom stereocenters. The number of ether oxygens (including phenoxy) is 2. The largest absolute Gasteiger partial charge is 0.460 e. The Kier molecular flexibility index (Phi) is 4.04. The smallest absolute Gasteiger partial charge is 0.333 e. The maximum Gasteiger partial charge on any atom is 0.333 e. The molecule has 0 N–H and O–H groups in total. The first-order valence-electron chi connectivity index (χ1n) is 6.83. The summed E-state index contributed by atoms with van der Waals surface area (Å²) in [5.74, 6) is -0.823. The van der Waals surface area contributed by atoms with Gasteiger partial charge in [-0.2, -0.15) is 0 Å². The van der Waals surface area contributed by atoms with Gasteiger partial charge < -0.3 is 14.4 Å².